The molecular weight excluding hydrogens is 256 g/mol. The lowest BCUT2D eigenvalue weighted by molar-refractivity contribution is 0.533. The highest BCUT2D eigenvalue weighted by molar-refractivity contribution is 6.28. The van der Waals surface area contributed by atoms with E-state index in [-0.39, 0.29) is 0 Å². The largest absolute Gasteiger partial charge is 0.348 e. The molecule has 0 unspecified atom stereocenters. The molecule has 0 amide bonds. The van der Waals surface area contributed by atoms with Crippen LogP contribution < -0.4 is 0 Å². The predicted octanol–water partition coefficient (Wildman–Crippen LogP) is 4.77. The average molecular weight is 276 g/mol. The number of aryl methyl sites for hydroxylation is 1. The van der Waals surface area contributed by atoms with E-state index >= 15 is 0 Å². The number of rotatable bonds is 1. The van der Waals surface area contributed by atoms with Crippen LogP contribution >= 0.6 is 0 Å². The van der Waals surface area contributed by atoms with Gasteiger partial charge < -0.3 is 4.90 Å². The van der Waals surface area contributed by atoms with Crippen molar-refractivity contribution in [2.45, 2.75) is 20.8 Å². The van der Waals surface area contributed by atoms with Crippen LogP contribution in [0.2, 0.25) is 0 Å². The molecule has 21 heavy (non-hydrogen) atoms. The van der Waals surface area contributed by atoms with E-state index in [2.05, 4.69) is 86.3 Å². The fraction of sp³-hybridized carbons (Fsp3) is 0.211. The molecule has 0 radical (unpaired) electrons. The van der Waals surface area contributed by atoms with Gasteiger partial charge in [-0.05, 0) is 51.1 Å². The van der Waals surface area contributed by atoms with Crippen LogP contribution in [-0.4, -0.2) is 17.7 Å². The van der Waals surface area contributed by atoms with Crippen molar-refractivity contribution < 1.29 is 0 Å². The van der Waals surface area contributed by atoms with Crippen molar-refractivity contribution in [3.8, 4) is 0 Å². The van der Waals surface area contributed by atoms with Gasteiger partial charge in [0.2, 0.25) is 0 Å². The Labute approximate surface area is 126 Å². The van der Waals surface area contributed by atoms with Crippen molar-refractivity contribution in [3.63, 3.8) is 0 Å². The normalized spacial score (nSPS) is 20.9. The molecule has 0 atom stereocenters. The number of benzene rings is 1. The van der Waals surface area contributed by atoms with Crippen LogP contribution in [0.25, 0.3) is 5.57 Å². The van der Waals surface area contributed by atoms with Crippen molar-refractivity contribution in [1.82, 2.24) is 4.90 Å². The van der Waals surface area contributed by atoms with Gasteiger partial charge in [0.25, 0.3) is 0 Å². The van der Waals surface area contributed by atoms with Gasteiger partial charge >= 0.3 is 0 Å². The van der Waals surface area contributed by atoms with Crippen LogP contribution in [-0.2, 0) is 0 Å². The lowest BCUT2D eigenvalue weighted by Crippen LogP contribution is -2.15. The summed E-state index contributed by atoms with van der Waals surface area (Å²) in [4.78, 5) is 6.84. The Morgan fingerprint density at radius 3 is 2.71 bits per heavy atom. The molecule has 0 bridgehead atoms. The molecule has 1 aromatic rings. The highest BCUT2D eigenvalue weighted by Gasteiger charge is 2.17. The Balaban J connectivity index is 1.99. The minimum Gasteiger partial charge on any atom is -0.348 e. The van der Waals surface area contributed by atoms with E-state index in [0.29, 0.717) is 0 Å². The number of fused-ring (bicyclic) bond motifs is 1. The first kappa shape index (κ1) is 13.6. The second-order valence-electron chi connectivity index (χ2n) is 5.62. The van der Waals surface area contributed by atoms with E-state index in [9.17, 15) is 0 Å². The molecule has 2 aliphatic heterocycles. The molecule has 0 N–H and O–H groups in total. The number of nitrogens with zero attached hydrogens (tertiary/aromatic N) is 2. The molecule has 2 nitrogen and oxygen atoms in total. The Morgan fingerprint density at radius 2 is 1.90 bits per heavy atom. The van der Waals surface area contributed by atoms with E-state index in [1.807, 2.05) is 0 Å². The van der Waals surface area contributed by atoms with Crippen LogP contribution in [0.5, 0.6) is 0 Å². The Hall–Kier alpha value is -2.35. The number of hydrogen-bond donors (Lipinski definition) is 0. The van der Waals surface area contributed by atoms with Crippen molar-refractivity contribution in [2.24, 2.45) is 4.99 Å². The van der Waals surface area contributed by atoms with Gasteiger partial charge in [0, 0.05) is 35.3 Å². The summed E-state index contributed by atoms with van der Waals surface area (Å²) in [5.41, 5.74) is 8.32. The zero-order valence-electron chi connectivity index (χ0n) is 13.0. The minimum absolute atomic E-state index is 1.08. The van der Waals surface area contributed by atoms with Gasteiger partial charge in [-0.25, -0.2) is 0 Å². The third-order valence-corrected chi connectivity index (χ3v) is 4.06. The molecule has 0 saturated heterocycles. The summed E-state index contributed by atoms with van der Waals surface area (Å²) >= 11 is 0. The smallest absolute Gasteiger partial charge is 0.0712 e. The first-order valence-corrected chi connectivity index (χ1v) is 7.23. The summed E-state index contributed by atoms with van der Waals surface area (Å²) in [6.07, 6.45) is 10.7. The standard InChI is InChI=1S/C19H20N2/c1-13-8-11-19-18(12-13)17(15(3)20-19)10-9-16-7-5-6-14(2)21(16)4/h5-12H,1-4H3. The maximum absolute atomic E-state index is 4.65. The molecule has 1 aromatic carbocycles. The van der Waals surface area contributed by atoms with E-state index in [4.69, 9.17) is 0 Å². The van der Waals surface area contributed by atoms with E-state index < -0.39 is 0 Å². The van der Waals surface area contributed by atoms with E-state index in [1.165, 1.54) is 28.1 Å². The third kappa shape index (κ3) is 2.49. The van der Waals surface area contributed by atoms with Gasteiger partial charge in [0.15, 0.2) is 0 Å². The molecule has 0 spiro atoms. The average Bonchev–Trinajstić information content (AvgIpc) is 2.76. The molecule has 2 aliphatic rings. The van der Waals surface area contributed by atoms with Crippen LogP contribution in [0.3, 0.4) is 0 Å². The van der Waals surface area contributed by atoms with Crippen molar-refractivity contribution in [1.29, 1.82) is 0 Å². The highest BCUT2D eigenvalue weighted by atomic mass is 15.1. The second-order valence-corrected chi connectivity index (χ2v) is 5.62. The number of likely N-dealkylation sites (N-methyl/N-ethyl adjacent to an activating group) is 1. The molecular formula is C19H20N2. The Morgan fingerprint density at radius 1 is 1.10 bits per heavy atom. The first-order valence-electron chi connectivity index (χ1n) is 7.23. The molecule has 0 aromatic heterocycles. The fourth-order valence-corrected chi connectivity index (χ4v) is 2.66. The van der Waals surface area contributed by atoms with Gasteiger partial charge in [0.1, 0.15) is 0 Å². The Kier molecular flexibility index (Phi) is 3.38. The topological polar surface area (TPSA) is 15.6 Å². The fourth-order valence-electron chi connectivity index (χ4n) is 2.66. The predicted molar refractivity (Wildman–Crippen MR) is 90.7 cm³/mol. The molecule has 0 fully saturated rings. The Bertz CT molecular complexity index is 743. The number of allylic oxidation sites excluding steroid dienone is 7. The van der Waals surface area contributed by atoms with Crippen LogP contribution in [0.4, 0.5) is 5.69 Å². The lowest BCUT2D eigenvalue weighted by Gasteiger charge is -2.23. The van der Waals surface area contributed by atoms with Gasteiger partial charge in [-0.1, -0.05) is 23.8 Å². The summed E-state index contributed by atoms with van der Waals surface area (Å²) in [7, 11) is 2.09. The molecule has 2 heterocycles. The highest BCUT2D eigenvalue weighted by Crippen LogP contribution is 2.35. The van der Waals surface area contributed by atoms with Crippen LogP contribution in [0.1, 0.15) is 25.0 Å². The van der Waals surface area contributed by atoms with Gasteiger partial charge in [-0.2, -0.15) is 0 Å². The molecule has 106 valence electrons. The summed E-state index contributed by atoms with van der Waals surface area (Å²) in [5.74, 6) is 0. The van der Waals surface area contributed by atoms with Crippen LogP contribution in [0.15, 0.2) is 65.0 Å². The van der Waals surface area contributed by atoms with Gasteiger partial charge in [-0.15, -0.1) is 0 Å². The van der Waals surface area contributed by atoms with E-state index in [1.54, 1.807) is 0 Å². The van der Waals surface area contributed by atoms with Crippen LogP contribution in [0, 0.1) is 6.92 Å². The van der Waals surface area contributed by atoms with Gasteiger partial charge in [-0.3, -0.25) is 4.99 Å². The SMILES string of the molecule is CC1=CC=CC(=CC=C2C(C)=Nc3ccc(C)cc32)N1C. The zero-order valence-corrected chi connectivity index (χ0v) is 13.0. The summed E-state index contributed by atoms with van der Waals surface area (Å²) in [5, 5.41) is 0. The second kappa shape index (κ2) is 5.21. The molecule has 2 heteroatoms. The summed E-state index contributed by atoms with van der Waals surface area (Å²) < 4.78 is 0. The number of aliphatic imine (C=N–C) groups is 1. The molecule has 0 aliphatic carbocycles. The zero-order chi connectivity index (χ0) is 15.0. The maximum atomic E-state index is 4.65. The summed E-state index contributed by atoms with van der Waals surface area (Å²) in [6.45, 7) is 6.31. The quantitative estimate of drug-likeness (QED) is 0.721. The maximum Gasteiger partial charge on any atom is 0.0712 e. The van der Waals surface area contributed by atoms with E-state index in [0.717, 1.165) is 11.4 Å². The third-order valence-electron chi connectivity index (χ3n) is 4.06. The monoisotopic (exact) mass is 276 g/mol. The van der Waals surface area contributed by atoms with Crippen molar-refractivity contribution >= 4 is 17.0 Å². The molecule has 3 rings (SSSR count). The number of hydrogen-bond acceptors (Lipinski definition) is 2. The molecule has 0 saturated carbocycles. The summed E-state index contributed by atoms with van der Waals surface area (Å²) in [6, 6.07) is 6.43. The lowest BCUT2D eigenvalue weighted by atomic mass is 10.0. The van der Waals surface area contributed by atoms with Crippen molar-refractivity contribution in [3.05, 3.63) is 71.1 Å². The minimum atomic E-state index is 1.08. The van der Waals surface area contributed by atoms with Gasteiger partial charge in [0.05, 0.1) is 5.69 Å². The first-order chi connectivity index (χ1) is 10.1. The van der Waals surface area contributed by atoms with Crippen molar-refractivity contribution in [2.75, 3.05) is 7.05 Å².